The molecule has 0 aliphatic carbocycles. The Morgan fingerprint density at radius 1 is 1.07 bits per heavy atom. The van der Waals surface area contributed by atoms with E-state index in [2.05, 4.69) is 5.32 Å². The fraction of sp³-hybridized carbons (Fsp3) is 0.381. The number of nitrogens with zero attached hydrogens (tertiary/aromatic N) is 1. The lowest BCUT2D eigenvalue weighted by molar-refractivity contribution is 0.0926. The van der Waals surface area contributed by atoms with Crippen LogP contribution in [0.15, 0.2) is 53.4 Å². The standard InChI is InChI=1S/C21H26N2O5S/c1-16(15-28-20-8-4-3-7-19(20)27-2)22-21(24)17-9-11-18(12-10-17)29(25,26)23-13-5-6-14-23/h3-4,7-12,16H,5-6,13-15H2,1-2H3,(H,22,24)/t16-/m1/s1. The first kappa shape index (κ1) is 21.1. The van der Waals surface area contributed by atoms with Gasteiger partial charge in [-0.25, -0.2) is 8.42 Å². The summed E-state index contributed by atoms with van der Waals surface area (Å²) in [5.41, 5.74) is 0.398. The van der Waals surface area contributed by atoms with Gasteiger partial charge >= 0.3 is 0 Å². The molecule has 2 aromatic carbocycles. The number of carbonyl (C=O) groups excluding carboxylic acids is 1. The Balaban J connectivity index is 1.57. The zero-order valence-corrected chi connectivity index (χ0v) is 17.4. The number of carbonyl (C=O) groups is 1. The van der Waals surface area contributed by atoms with Gasteiger partial charge in [0.2, 0.25) is 10.0 Å². The summed E-state index contributed by atoms with van der Waals surface area (Å²) in [4.78, 5) is 12.7. The maximum absolute atomic E-state index is 12.6. The fourth-order valence-corrected chi connectivity index (χ4v) is 4.67. The van der Waals surface area contributed by atoms with Gasteiger partial charge in [-0.15, -0.1) is 0 Å². The number of ether oxygens (including phenoxy) is 2. The van der Waals surface area contributed by atoms with Crippen LogP contribution in [0.2, 0.25) is 0 Å². The third kappa shape index (κ3) is 5.07. The van der Waals surface area contributed by atoms with Gasteiger partial charge in [0.05, 0.1) is 18.0 Å². The van der Waals surface area contributed by atoms with Crippen molar-refractivity contribution in [1.29, 1.82) is 0 Å². The number of rotatable bonds is 8. The summed E-state index contributed by atoms with van der Waals surface area (Å²) < 4.78 is 37.6. The first-order valence-corrected chi connectivity index (χ1v) is 11.0. The Kier molecular flexibility index (Phi) is 6.76. The summed E-state index contributed by atoms with van der Waals surface area (Å²) in [6.07, 6.45) is 1.77. The van der Waals surface area contributed by atoms with Crippen molar-refractivity contribution in [2.75, 3.05) is 26.8 Å². The third-order valence-corrected chi connectivity index (χ3v) is 6.67. The summed E-state index contributed by atoms with van der Waals surface area (Å²) >= 11 is 0. The van der Waals surface area contributed by atoms with E-state index in [1.165, 1.54) is 28.6 Å². The average molecular weight is 419 g/mol. The zero-order valence-electron chi connectivity index (χ0n) is 16.6. The van der Waals surface area contributed by atoms with Gasteiger partial charge in [0, 0.05) is 18.7 Å². The maximum atomic E-state index is 12.6. The number of hydrogen-bond acceptors (Lipinski definition) is 5. The fourth-order valence-electron chi connectivity index (χ4n) is 3.16. The second-order valence-electron chi connectivity index (χ2n) is 6.97. The van der Waals surface area contributed by atoms with Gasteiger partial charge in [-0.1, -0.05) is 12.1 Å². The van der Waals surface area contributed by atoms with Crippen LogP contribution >= 0.6 is 0 Å². The average Bonchev–Trinajstić information content (AvgIpc) is 3.28. The second-order valence-corrected chi connectivity index (χ2v) is 8.91. The maximum Gasteiger partial charge on any atom is 0.251 e. The largest absolute Gasteiger partial charge is 0.493 e. The van der Waals surface area contributed by atoms with E-state index in [4.69, 9.17) is 9.47 Å². The van der Waals surface area contributed by atoms with Crippen molar-refractivity contribution in [2.45, 2.75) is 30.7 Å². The van der Waals surface area contributed by atoms with Gasteiger partial charge in [0.15, 0.2) is 11.5 Å². The van der Waals surface area contributed by atoms with Crippen molar-refractivity contribution in [3.63, 3.8) is 0 Å². The molecule has 1 fully saturated rings. The van der Waals surface area contributed by atoms with Crippen LogP contribution in [-0.2, 0) is 10.0 Å². The highest BCUT2D eigenvalue weighted by Gasteiger charge is 2.27. The van der Waals surface area contributed by atoms with Crippen molar-refractivity contribution in [3.8, 4) is 11.5 Å². The molecule has 1 aliphatic heterocycles. The van der Waals surface area contributed by atoms with Crippen LogP contribution in [0.25, 0.3) is 0 Å². The minimum absolute atomic E-state index is 0.212. The number of nitrogens with one attached hydrogen (secondary N) is 1. The number of benzene rings is 2. The van der Waals surface area contributed by atoms with Crippen LogP contribution in [0.1, 0.15) is 30.1 Å². The van der Waals surface area contributed by atoms with Crippen LogP contribution in [0.3, 0.4) is 0 Å². The molecule has 1 amide bonds. The normalized spacial score (nSPS) is 15.7. The highest BCUT2D eigenvalue weighted by atomic mass is 32.2. The highest BCUT2D eigenvalue weighted by Crippen LogP contribution is 2.26. The Bertz CT molecular complexity index is 938. The van der Waals surface area contributed by atoms with Crippen molar-refractivity contribution in [2.24, 2.45) is 0 Å². The Morgan fingerprint density at radius 2 is 1.69 bits per heavy atom. The van der Waals surface area contributed by atoms with E-state index >= 15 is 0 Å². The van der Waals surface area contributed by atoms with Crippen molar-refractivity contribution in [3.05, 3.63) is 54.1 Å². The van der Waals surface area contributed by atoms with Gasteiger partial charge in [-0.05, 0) is 56.2 Å². The molecule has 0 aromatic heterocycles. The van der Waals surface area contributed by atoms with Crippen LogP contribution in [0.4, 0.5) is 0 Å². The van der Waals surface area contributed by atoms with Crippen LogP contribution < -0.4 is 14.8 Å². The molecular formula is C21H26N2O5S. The number of para-hydroxylation sites is 2. The summed E-state index contributed by atoms with van der Waals surface area (Å²) in [5, 5.41) is 2.85. The topological polar surface area (TPSA) is 84.9 Å². The molecule has 1 aliphatic rings. The lowest BCUT2D eigenvalue weighted by Gasteiger charge is -2.17. The number of hydrogen-bond donors (Lipinski definition) is 1. The Labute approximate surface area is 171 Å². The smallest absolute Gasteiger partial charge is 0.251 e. The minimum Gasteiger partial charge on any atom is -0.493 e. The molecule has 1 saturated heterocycles. The molecule has 0 bridgehead atoms. The second kappa shape index (κ2) is 9.28. The molecule has 1 N–H and O–H groups in total. The van der Waals surface area contributed by atoms with Gasteiger partial charge in [0.1, 0.15) is 6.61 Å². The molecule has 1 atom stereocenters. The van der Waals surface area contributed by atoms with Crippen LogP contribution in [0, 0.1) is 0 Å². The van der Waals surface area contributed by atoms with E-state index in [0.717, 1.165) is 12.8 Å². The molecular weight excluding hydrogens is 392 g/mol. The summed E-state index contributed by atoms with van der Waals surface area (Å²) in [6.45, 7) is 3.20. The van der Waals surface area contributed by atoms with Gasteiger partial charge in [0.25, 0.3) is 5.91 Å². The predicted molar refractivity (Wildman–Crippen MR) is 110 cm³/mol. The van der Waals surface area contributed by atoms with Gasteiger partial charge < -0.3 is 14.8 Å². The van der Waals surface area contributed by atoms with Crippen molar-refractivity contribution in [1.82, 2.24) is 9.62 Å². The zero-order chi connectivity index (χ0) is 20.9. The molecule has 1 heterocycles. The minimum atomic E-state index is -3.48. The van der Waals surface area contributed by atoms with E-state index < -0.39 is 10.0 Å². The van der Waals surface area contributed by atoms with E-state index in [9.17, 15) is 13.2 Å². The Morgan fingerprint density at radius 3 is 2.31 bits per heavy atom. The Hall–Kier alpha value is -2.58. The number of sulfonamides is 1. The van der Waals surface area contributed by atoms with Crippen LogP contribution in [-0.4, -0.2) is 51.5 Å². The lowest BCUT2D eigenvalue weighted by atomic mass is 10.2. The summed E-state index contributed by atoms with van der Waals surface area (Å²) in [7, 11) is -1.91. The molecule has 156 valence electrons. The van der Waals surface area contributed by atoms with Gasteiger partial charge in [-0.3, -0.25) is 4.79 Å². The van der Waals surface area contributed by atoms with E-state index in [1.807, 2.05) is 19.1 Å². The molecule has 0 saturated carbocycles. The summed E-state index contributed by atoms with van der Waals surface area (Å²) in [6, 6.07) is 13.1. The molecule has 0 spiro atoms. The molecule has 2 aromatic rings. The van der Waals surface area contributed by atoms with E-state index in [-0.39, 0.29) is 23.5 Å². The lowest BCUT2D eigenvalue weighted by Crippen LogP contribution is -2.36. The van der Waals surface area contributed by atoms with Gasteiger partial charge in [-0.2, -0.15) is 4.31 Å². The molecule has 0 radical (unpaired) electrons. The monoisotopic (exact) mass is 418 g/mol. The molecule has 3 rings (SSSR count). The quantitative estimate of drug-likeness (QED) is 0.712. The molecule has 7 nitrogen and oxygen atoms in total. The molecule has 8 heteroatoms. The first-order chi connectivity index (χ1) is 13.9. The summed E-state index contributed by atoms with van der Waals surface area (Å²) in [5.74, 6) is 0.944. The van der Waals surface area contributed by atoms with E-state index in [1.54, 1.807) is 19.2 Å². The van der Waals surface area contributed by atoms with E-state index in [0.29, 0.717) is 30.2 Å². The molecule has 29 heavy (non-hydrogen) atoms. The molecule has 0 unspecified atom stereocenters. The van der Waals surface area contributed by atoms with Crippen molar-refractivity contribution < 1.29 is 22.7 Å². The first-order valence-electron chi connectivity index (χ1n) is 9.58. The van der Waals surface area contributed by atoms with Crippen molar-refractivity contribution >= 4 is 15.9 Å². The SMILES string of the molecule is COc1ccccc1OC[C@@H](C)NC(=O)c1ccc(S(=O)(=O)N2CCCC2)cc1. The predicted octanol–water partition coefficient (Wildman–Crippen LogP) is 2.68. The highest BCUT2D eigenvalue weighted by molar-refractivity contribution is 7.89. The van der Waals surface area contributed by atoms with Crippen LogP contribution in [0.5, 0.6) is 11.5 Å². The third-order valence-electron chi connectivity index (χ3n) is 4.75. The number of methoxy groups -OCH3 is 1. The number of amides is 1.